The lowest BCUT2D eigenvalue weighted by molar-refractivity contribution is -0.118. The van der Waals surface area contributed by atoms with Gasteiger partial charge in [0.05, 0.1) is 5.69 Å². The van der Waals surface area contributed by atoms with Crippen LogP contribution in [-0.2, 0) is 4.79 Å². The van der Waals surface area contributed by atoms with Gasteiger partial charge in [0.15, 0.2) is 5.82 Å². The van der Waals surface area contributed by atoms with Gasteiger partial charge in [0.2, 0.25) is 5.82 Å². The van der Waals surface area contributed by atoms with Crippen LogP contribution in [0.1, 0.15) is 30.9 Å². The topological polar surface area (TPSA) is 88.9 Å². The zero-order chi connectivity index (χ0) is 19.9. The minimum atomic E-state index is -0.593. The molecule has 3 rings (SSSR count). The van der Waals surface area contributed by atoms with Gasteiger partial charge in [-0.2, -0.15) is 0 Å². The van der Waals surface area contributed by atoms with E-state index in [-0.39, 0.29) is 11.7 Å². The van der Waals surface area contributed by atoms with E-state index < -0.39 is 5.91 Å². The second-order valence-electron chi connectivity index (χ2n) is 6.08. The summed E-state index contributed by atoms with van der Waals surface area (Å²) in [7, 11) is 0. The highest BCUT2D eigenvalue weighted by molar-refractivity contribution is 5.97. The number of benzene rings is 2. The van der Waals surface area contributed by atoms with Crippen molar-refractivity contribution in [1.82, 2.24) is 25.6 Å². The molecular formula is C21H21N5O2. The molecule has 0 aliphatic heterocycles. The Hall–Kier alpha value is -3.74. The van der Waals surface area contributed by atoms with E-state index >= 15 is 0 Å². The number of para-hydroxylation sites is 1. The lowest BCUT2D eigenvalue weighted by Gasteiger charge is -2.05. The third-order valence-corrected chi connectivity index (χ3v) is 4.00. The Morgan fingerprint density at radius 2 is 1.64 bits per heavy atom. The lowest BCUT2D eigenvalue weighted by Crippen LogP contribution is -2.42. The van der Waals surface area contributed by atoms with Gasteiger partial charge in [-0.1, -0.05) is 61.5 Å². The number of allylic oxidation sites excluding steroid dienone is 1. The standard InChI is InChI=1S/C21H21N5O2/c1-3-10-15(2)20(27)23-24-21(28)18-22-19(16-11-6-4-7-12-16)26(25-18)17-13-8-5-9-14-17/h4-14H,3H2,1-2H3,(H,23,27)(H,24,28)/b15-10-. The molecule has 0 saturated carbocycles. The molecule has 3 aromatic rings. The van der Waals surface area contributed by atoms with Crippen molar-refractivity contribution in [3.63, 3.8) is 0 Å². The smallest absolute Gasteiger partial charge is 0.268 e. The van der Waals surface area contributed by atoms with E-state index in [9.17, 15) is 9.59 Å². The Labute approximate surface area is 163 Å². The molecule has 0 bridgehead atoms. The highest BCUT2D eigenvalue weighted by Gasteiger charge is 2.19. The largest absolute Gasteiger partial charge is 0.309 e. The molecule has 2 aromatic carbocycles. The third kappa shape index (κ3) is 4.32. The van der Waals surface area contributed by atoms with Crippen LogP contribution in [0.15, 0.2) is 72.3 Å². The van der Waals surface area contributed by atoms with Crippen LogP contribution in [0.4, 0.5) is 0 Å². The number of hydrogen-bond acceptors (Lipinski definition) is 4. The van der Waals surface area contributed by atoms with Gasteiger partial charge in [0.25, 0.3) is 5.91 Å². The maximum absolute atomic E-state index is 12.5. The zero-order valence-electron chi connectivity index (χ0n) is 15.7. The normalized spacial score (nSPS) is 11.1. The Balaban J connectivity index is 1.88. The summed E-state index contributed by atoms with van der Waals surface area (Å²) in [6.07, 6.45) is 2.51. The van der Waals surface area contributed by atoms with Crippen molar-refractivity contribution in [2.45, 2.75) is 20.3 Å². The first kappa shape index (κ1) is 19.0. The number of nitrogens with zero attached hydrogens (tertiary/aromatic N) is 3. The maximum atomic E-state index is 12.5. The molecule has 0 aliphatic rings. The molecule has 0 radical (unpaired) electrons. The van der Waals surface area contributed by atoms with E-state index in [2.05, 4.69) is 20.9 Å². The summed E-state index contributed by atoms with van der Waals surface area (Å²) in [5.74, 6) is -0.476. The summed E-state index contributed by atoms with van der Waals surface area (Å²) in [6.45, 7) is 3.61. The molecule has 0 saturated heterocycles. The molecule has 0 fully saturated rings. The van der Waals surface area contributed by atoms with Crippen molar-refractivity contribution in [3.8, 4) is 17.1 Å². The van der Waals surface area contributed by atoms with Gasteiger partial charge >= 0.3 is 5.91 Å². The highest BCUT2D eigenvalue weighted by atomic mass is 16.2. The van der Waals surface area contributed by atoms with Crippen LogP contribution in [0.3, 0.4) is 0 Å². The van der Waals surface area contributed by atoms with E-state index in [1.807, 2.05) is 67.6 Å². The van der Waals surface area contributed by atoms with Gasteiger partial charge in [-0.15, -0.1) is 5.10 Å². The zero-order valence-corrected chi connectivity index (χ0v) is 15.7. The van der Waals surface area contributed by atoms with Crippen LogP contribution in [0.2, 0.25) is 0 Å². The van der Waals surface area contributed by atoms with Crippen LogP contribution in [0.25, 0.3) is 17.1 Å². The van der Waals surface area contributed by atoms with Gasteiger partial charge in [-0.05, 0) is 25.5 Å². The van der Waals surface area contributed by atoms with Gasteiger partial charge < -0.3 is 0 Å². The highest BCUT2D eigenvalue weighted by Crippen LogP contribution is 2.20. The lowest BCUT2D eigenvalue weighted by atomic mass is 10.2. The van der Waals surface area contributed by atoms with E-state index in [4.69, 9.17) is 0 Å². The molecule has 142 valence electrons. The minimum absolute atomic E-state index is 0.0415. The molecule has 2 N–H and O–H groups in total. The monoisotopic (exact) mass is 375 g/mol. The summed E-state index contributed by atoms with van der Waals surface area (Å²) >= 11 is 0. The number of carbonyl (C=O) groups is 2. The predicted molar refractivity (Wildman–Crippen MR) is 106 cm³/mol. The minimum Gasteiger partial charge on any atom is -0.268 e. The quantitative estimate of drug-likeness (QED) is 0.530. The van der Waals surface area contributed by atoms with Crippen LogP contribution in [0.5, 0.6) is 0 Å². The van der Waals surface area contributed by atoms with Crippen LogP contribution < -0.4 is 10.9 Å². The molecule has 1 aromatic heterocycles. The summed E-state index contributed by atoms with van der Waals surface area (Å²) < 4.78 is 1.61. The number of hydrogen-bond donors (Lipinski definition) is 2. The fourth-order valence-electron chi connectivity index (χ4n) is 2.60. The molecule has 28 heavy (non-hydrogen) atoms. The second kappa shape index (κ2) is 8.77. The first-order valence-electron chi connectivity index (χ1n) is 8.95. The molecule has 0 atom stereocenters. The van der Waals surface area contributed by atoms with Crippen molar-refractivity contribution in [2.75, 3.05) is 0 Å². The molecule has 0 unspecified atom stereocenters. The first-order chi connectivity index (χ1) is 13.6. The molecular weight excluding hydrogens is 354 g/mol. The van der Waals surface area contributed by atoms with Crippen molar-refractivity contribution >= 4 is 11.8 Å². The number of amides is 2. The molecule has 1 heterocycles. The SMILES string of the molecule is CC/C=C(/C)C(=O)NNC(=O)c1nc(-c2ccccc2)n(-c2ccccc2)n1. The van der Waals surface area contributed by atoms with Crippen LogP contribution in [-0.4, -0.2) is 26.6 Å². The summed E-state index contributed by atoms with van der Waals surface area (Å²) in [5.41, 5.74) is 6.86. The maximum Gasteiger partial charge on any atom is 0.309 e. The Bertz CT molecular complexity index is 937. The van der Waals surface area contributed by atoms with Crippen LogP contribution in [0, 0.1) is 0 Å². The Morgan fingerprint density at radius 3 is 2.29 bits per heavy atom. The van der Waals surface area contributed by atoms with Crippen molar-refractivity contribution in [3.05, 3.63) is 78.1 Å². The fraction of sp³-hybridized carbons (Fsp3) is 0.143. The summed E-state index contributed by atoms with van der Waals surface area (Å²) in [4.78, 5) is 28.8. The Kier molecular flexibility index (Phi) is 5.96. The van der Waals surface area contributed by atoms with E-state index in [0.29, 0.717) is 11.4 Å². The molecule has 2 amide bonds. The Morgan fingerprint density at radius 1 is 1.00 bits per heavy atom. The van der Waals surface area contributed by atoms with Crippen molar-refractivity contribution < 1.29 is 9.59 Å². The second-order valence-corrected chi connectivity index (χ2v) is 6.08. The van der Waals surface area contributed by atoms with Gasteiger partial charge in [-0.3, -0.25) is 20.4 Å². The molecule has 7 nitrogen and oxygen atoms in total. The van der Waals surface area contributed by atoms with E-state index in [1.54, 1.807) is 17.7 Å². The number of nitrogens with one attached hydrogen (secondary N) is 2. The molecule has 0 aliphatic carbocycles. The van der Waals surface area contributed by atoms with Crippen molar-refractivity contribution in [2.24, 2.45) is 0 Å². The number of hydrazine groups is 1. The first-order valence-corrected chi connectivity index (χ1v) is 8.95. The molecule has 7 heteroatoms. The van der Waals surface area contributed by atoms with Gasteiger partial charge in [0.1, 0.15) is 0 Å². The molecule has 0 spiro atoms. The number of rotatable bonds is 5. The number of carbonyl (C=O) groups excluding carboxylic acids is 2. The van der Waals surface area contributed by atoms with Gasteiger partial charge in [-0.25, -0.2) is 9.67 Å². The number of aromatic nitrogens is 3. The average molecular weight is 375 g/mol. The van der Waals surface area contributed by atoms with E-state index in [0.717, 1.165) is 17.7 Å². The van der Waals surface area contributed by atoms with Crippen molar-refractivity contribution in [1.29, 1.82) is 0 Å². The average Bonchev–Trinajstić information content (AvgIpc) is 3.19. The summed E-state index contributed by atoms with van der Waals surface area (Å²) in [6, 6.07) is 18.9. The van der Waals surface area contributed by atoms with Gasteiger partial charge in [0, 0.05) is 11.1 Å². The van der Waals surface area contributed by atoms with Crippen LogP contribution >= 0.6 is 0 Å². The predicted octanol–water partition coefficient (Wildman–Crippen LogP) is 3.05. The third-order valence-electron chi connectivity index (χ3n) is 4.00. The fourth-order valence-corrected chi connectivity index (χ4v) is 2.60. The summed E-state index contributed by atoms with van der Waals surface area (Å²) in [5, 5.41) is 4.34. The van der Waals surface area contributed by atoms with E-state index in [1.165, 1.54) is 0 Å².